The second-order valence-electron chi connectivity index (χ2n) is 9.10. The van der Waals surface area contributed by atoms with Crippen LogP contribution >= 0.6 is 11.3 Å². The normalized spacial score (nSPS) is 22.1. The molecule has 8 nitrogen and oxygen atoms in total. The van der Waals surface area contributed by atoms with Crippen LogP contribution in [0, 0.1) is 12.8 Å². The summed E-state index contributed by atoms with van der Waals surface area (Å²) in [6, 6.07) is -0.485. The van der Waals surface area contributed by atoms with E-state index in [1.807, 2.05) is 32.6 Å². The van der Waals surface area contributed by atoms with Gasteiger partial charge in [-0.3, -0.25) is 14.5 Å². The molecule has 0 bridgehead atoms. The van der Waals surface area contributed by atoms with Crippen molar-refractivity contribution in [3.63, 3.8) is 0 Å². The lowest BCUT2D eigenvalue weighted by atomic mass is 9.97. The van der Waals surface area contributed by atoms with E-state index in [2.05, 4.69) is 10.3 Å². The third-order valence-corrected chi connectivity index (χ3v) is 6.41. The first kappa shape index (κ1) is 22.5. The molecule has 2 fully saturated rings. The van der Waals surface area contributed by atoms with Gasteiger partial charge in [0.05, 0.1) is 11.2 Å². The number of amides is 3. The average molecular weight is 437 g/mol. The molecular formula is C21H32N4O4S. The number of nitrogens with one attached hydrogen (secondary N) is 1. The molecular weight excluding hydrogens is 404 g/mol. The highest BCUT2D eigenvalue weighted by molar-refractivity contribution is 7.11. The van der Waals surface area contributed by atoms with Crippen molar-refractivity contribution in [3.05, 3.63) is 16.1 Å². The molecule has 30 heavy (non-hydrogen) atoms. The van der Waals surface area contributed by atoms with E-state index < -0.39 is 17.7 Å². The first-order valence-electron chi connectivity index (χ1n) is 10.6. The number of hydrogen-bond acceptors (Lipinski definition) is 6. The molecule has 1 N–H and O–H groups in total. The van der Waals surface area contributed by atoms with Crippen LogP contribution in [0.15, 0.2) is 5.51 Å². The van der Waals surface area contributed by atoms with Crippen LogP contribution in [0.3, 0.4) is 0 Å². The maximum atomic E-state index is 12.8. The number of rotatable bonds is 4. The zero-order chi connectivity index (χ0) is 21.9. The van der Waals surface area contributed by atoms with Crippen molar-refractivity contribution in [2.75, 3.05) is 26.2 Å². The van der Waals surface area contributed by atoms with E-state index in [9.17, 15) is 14.4 Å². The summed E-state index contributed by atoms with van der Waals surface area (Å²) in [6.45, 7) is 9.70. The van der Waals surface area contributed by atoms with Gasteiger partial charge in [0.15, 0.2) is 0 Å². The van der Waals surface area contributed by atoms with Crippen molar-refractivity contribution in [1.82, 2.24) is 20.1 Å². The van der Waals surface area contributed by atoms with Crippen molar-refractivity contribution in [2.45, 2.75) is 65.0 Å². The molecule has 3 amide bonds. The summed E-state index contributed by atoms with van der Waals surface area (Å²) in [5.74, 6) is 0.0919. The van der Waals surface area contributed by atoms with E-state index in [-0.39, 0.29) is 17.7 Å². The number of likely N-dealkylation sites (tertiary alicyclic amines) is 2. The van der Waals surface area contributed by atoms with Crippen molar-refractivity contribution < 1.29 is 19.1 Å². The van der Waals surface area contributed by atoms with Crippen molar-refractivity contribution in [2.24, 2.45) is 5.92 Å². The second-order valence-corrected chi connectivity index (χ2v) is 9.96. The number of hydrogen-bond donors (Lipinski definition) is 1. The fraction of sp³-hybridized carbons (Fsp3) is 0.714. The molecule has 3 heterocycles. The van der Waals surface area contributed by atoms with E-state index >= 15 is 0 Å². The van der Waals surface area contributed by atoms with E-state index in [1.54, 1.807) is 5.51 Å². The SMILES string of the molecule is Cc1ncsc1C(=O)N1CCCC(CNC(=O)C2CCCN2C(=O)OC(C)(C)C)C1. The third kappa shape index (κ3) is 5.50. The van der Waals surface area contributed by atoms with Crippen LogP contribution in [0.4, 0.5) is 4.79 Å². The summed E-state index contributed by atoms with van der Waals surface area (Å²) in [5, 5.41) is 3.01. The first-order chi connectivity index (χ1) is 14.2. The highest BCUT2D eigenvalue weighted by Crippen LogP contribution is 2.23. The van der Waals surface area contributed by atoms with Crippen molar-refractivity contribution in [1.29, 1.82) is 0 Å². The predicted octanol–water partition coefficient (Wildman–Crippen LogP) is 2.82. The topological polar surface area (TPSA) is 91.8 Å². The van der Waals surface area contributed by atoms with E-state index in [1.165, 1.54) is 16.2 Å². The summed E-state index contributed by atoms with van der Waals surface area (Å²) >= 11 is 1.37. The van der Waals surface area contributed by atoms with Gasteiger partial charge in [-0.05, 0) is 59.3 Å². The van der Waals surface area contributed by atoms with Gasteiger partial charge in [-0.2, -0.15) is 0 Å². The fourth-order valence-electron chi connectivity index (χ4n) is 4.01. The molecule has 0 aliphatic carbocycles. The van der Waals surface area contributed by atoms with E-state index in [0.717, 1.165) is 31.5 Å². The van der Waals surface area contributed by atoms with Gasteiger partial charge < -0.3 is 15.0 Å². The highest BCUT2D eigenvalue weighted by Gasteiger charge is 2.37. The minimum absolute atomic E-state index is 0.0259. The second kappa shape index (κ2) is 9.32. The summed E-state index contributed by atoms with van der Waals surface area (Å²) in [4.78, 5) is 46.2. The molecule has 1 aromatic rings. The maximum Gasteiger partial charge on any atom is 0.410 e. The smallest absolute Gasteiger partial charge is 0.410 e. The molecule has 0 saturated carbocycles. The van der Waals surface area contributed by atoms with Crippen LogP contribution in [-0.2, 0) is 9.53 Å². The van der Waals surface area contributed by atoms with Crippen LogP contribution in [0.1, 0.15) is 61.8 Å². The average Bonchev–Trinajstić information content (AvgIpc) is 3.33. The molecule has 166 valence electrons. The Bertz CT molecular complexity index is 788. The zero-order valence-electron chi connectivity index (χ0n) is 18.3. The molecule has 2 aliphatic rings. The number of nitrogens with zero attached hydrogens (tertiary/aromatic N) is 3. The molecule has 0 spiro atoms. The van der Waals surface area contributed by atoms with Gasteiger partial charge in [-0.1, -0.05) is 0 Å². The Kier molecular flexibility index (Phi) is 7.00. The summed E-state index contributed by atoms with van der Waals surface area (Å²) in [5.41, 5.74) is 1.88. The van der Waals surface area contributed by atoms with Crippen LogP contribution in [-0.4, -0.2) is 70.5 Å². The van der Waals surface area contributed by atoms with Crippen molar-refractivity contribution in [3.8, 4) is 0 Å². The standard InChI is InChI=1S/C21H32N4O4S/c1-14-17(30-13-23-14)19(27)24-9-5-7-15(12-24)11-22-18(26)16-8-6-10-25(16)20(28)29-21(2,3)4/h13,15-16H,5-12H2,1-4H3,(H,22,26). The molecule has 0 radical (unpaired) electrons. The van der Waals surface area contributed by atoms with Crippen LogP contribution in [0.2, 0.25) is 0 Å². The number of carbonyl (C=O) groups excluding carboxylic acids is 3. The van der Waals surface area contributed by atoms with Gasteiger partial charge in [-0.15, -0.1) is 11.3 Å². The molecule has 3 rings (SSSR count). The predicted molar refractivity (Wildman–Crippen MR) is 114 cm³/mol. The lowest BCUT2D eigenvalue weighted by Crippen LogP contribution is -2.49. The molecule has 2 aliphatic heterocycles. The summed E-state index contributed by atoms with van der Waals surface area (Å²) in [7, 11) is 0. The largest absolute Gasteiger partial charge is 0.444 e. The number of aryl methyl sites for hydroxylation is 1. The zero-order valence-corrected chi connectivity index (χ0v) is 19.1. The number of thiazole rings is 1. The molecule has 9 heteroatoms. The van der Waals surface area contributed by atoms with Gasteiger partial charge in [0, 0.05) is 26.2 Å². The minimum atomic E-state index is -0.588. The van der Waals surface area contributed by atoms with E-state index in [4.69, 9.17) is 4.74 Å². The van der Waals surface area contributed by atoms with Gasteiger partial charge >= 0.3 is 6.09 Å². The third-order valence-electron chi connectivity index (χ3n) is 5.49. The van der Waals surface area contributed by atoms with Crippen molar-refractivity contribution >= 4 is 29.2 Å². The molecule has 2 atom stereocenters. The monoisotopic (exact) mass is 436 g/mol. The van der Waals surface area contributed by atoms with Crippen LogP contribution in [0.25, 0.3) is 0 Å². The molecule has 2 saturated heterocycles. The Hall–Kier alpha value is -2.16. The number of piperidine rings is 1. The number of ether oxygens (including phenoxy) is 1. The Morgan fingerprint density at radius 3 is 2.63 bits per heavy atom. The van der Waals surface area contributed by atoms with E-state index in [0.29, 0.717) is 30.9 Å². The Morgan fingerprint density at radius 2 is 1.97 bits per heavy atom. The summed E-state index contributed by atoms with van der Waals surface area (Å²) < 4.78 is 5.44. The Morgan fingerprint density at radius 1 is 1.23 bits per heavy atom. The Balaban J connectivity index is 1.52. The Labute approximate surface area is 182 Å². The fourth-order valence-corrected chi connectivity index (χ4v) is 4.78. The summed E-state index contributed by atoms with van der Waals surface area (Å²) in [6.07, 6.45) is 2.88. The van der Waals surface area contributed by atoms with Gasteiger partial charge in [0.25, 0.3) is 5.91 Å². The minimum Gasteiger partial charge on any atom is -0.444 e. The van der Waals surface area contributed by atoms with Gasteiger partial charge in [0.1, 0.15) is 16.5 Å². The first-order valence-corrected chi connectivity index (χ1v) is 11.5. The molecule has 0 aromatic carbocycles. The number of aromatic nitrogens is 1. The van der Waals surface area contributed by atoms with Crippen LogP contribution in [0.5, 0.6) is 0 Å². The number of carbonyl (C=O) groups is 3. The van der Waals surface area contributed by atoms with Gasteiger partial charge in [0.2, 0.25) is 5.91 Å². The molecule has 2 unspecified atom stereocenters. The lowest BCUT2D eigenvalue weighted by molar-refractivity contribution is -0.125. The van der Waals surface area contributed by atoms with Crippen LogP contribution < -0.4 is 5.32 Å². The quantitative estimate of drug-likeness (QED) is 0.784. The highest BCUT2D eigenvalue weighted by atomic mass is 32.1. The lowest BCUT2D eigenvalue weighted by Gasteiger charge is -2.33. The maximum absolute atomic E-state index is 12.8. The molecule has 1 aromatic heterocycles. The van der Waals surface area contributed by atoms with Gasteiger partial charge in [-0.25, -0.2) is 9.78 Å².